The molecular weight excluding hydrogens is 404 g/mol. The minimum atomic E-state index is -1.94. The van der Waals surface area contributed by atoms with Crippen LogP contribution >= 0.6 is 0 Å². The monoisotopic (exact) mass is 450 g/mol. The fourth-order valence-electron chi connectivity index (χ4n) is 3.88. The molecule has 0 bridgehead atoms. The Morgan fingerprint density at radius 3 is 1.97 bits per heavy atom. The molecule has 1 fully saturated rings. The van der Waals surface area contributed by atoms with Gasteiger partial charge in [-0.3, -0.25) is 4.98 Å². The van der Waals surface area contributed by atoms with Crippen LogP contribution in [0.3, 0.4) is 0 Å². The molecule has 0 spiro atoms. The normalized spacial score (nSPS) is 26.6. The Kier molecular flexibility index (Phi) is 7.40. The van der Waals surface area contributed by atoms with E-state index >= 15 is 0 Å². The van der Waals surface area contributed by atoms with Crippen LogP contribution in [0, 0.1) is 5.92 Å². The van der Waals surface area contributed by atoms with Gasteiger partial charge in [0.05, 0.1) is 24.1 Å². The molecule has 172 valence electrons. The summed E-state index contributed by atoms with van der Waals surface area (Å²) >= 11 is 0. The molecule has 0 amide bonds. The van der Waals surface area contributed by atoms with E-state index in [1.807, 2.05) is 6.20 Å². The Bertz CT molecular complexity index is 723. The summed E-state index contributed by atoms with van der Waals surface area (Å²) in [6.45, 7) is 25.6. The highest BCUT2D eigenvalue weighted by atomic mass is 28.4. The van der Waals surface area contributed by atoms with Crippen LogP contribution in [-0.4, -0.2) is 33.8 Å². The molecule has 4 atom stereocenters. The van der Waals surface area contributed by atoms with Gasteiger partial charge in [-0.25, -0.2) is 0 Å². The Morgan fingerprint density at radius 1 is 0.933 bits per heavy atom. The molecule has 1 heterocycles. The fraction of sp³-hybridized carbons (Fsp3) is 0.792. The van der Waals surface area contributed by atoms with Gasteiger partial charge < -0.3 is 14.6 Å². The molecule has 1 aliphatic rings. The Hall–Kier alpha value is -0.696. The Morgan fingerprint density at radius 2 is 1.47 bits per heavy atom. The number of rotatable bonds is 5. The number of nitrogen functional groups attached to an aromatic ring is 1. The topological polar surface area (TPSA) is 57.4 Å². The Balaban J connectivity index is 2.39. The zero-order valence-electron chi connectivity index (χ0n) is 21.3. The van der Waals surface area contributed by atoms with Crippen molar-refractivity contribution in [1.29, 1.82) is 0 Å². The summed E-state index contributed by atoms with van der Waals surface area (Å²) < 4.78 is 14.1. The molecule has 2 rings (SSSR count). The maximum absolute atomic E-state index is 7.06. The van der Waals surface area contributed by atoms with Crippen LogP contribution in [0.4, 0.5) is 5.69 Å². The molecule has 0 radical (unpaired) electrons. The van der Waals surface area contributed by atoms with Gasteiger partial charge in [0.25, 0.3) is 0 Å². The molecule has 1 aliphatic carbocycles. The average Bonchev–Trinajstić information content (AvgIpc) is 2.55. The first-order chi connectivity index (χ1) is 13.5. The van der Waals surface area contributed by atoms with E-state index in [4.69, 9.17) is 14.6 Å². The summed E-state index contributed by atoms with van der Waals surface area (Å²) in [6, 6.07) is 2.09. The second-order valence-corrected chi connectivity index (χ2v) is 21.9. The van der Waals surface area contributed by atoms with Crippen molar-refractivity contribution < 1.29 is 8.85 Å². The predicted molar refractivity (Wildman–Crippen MR) is 134 cm³/mol. The summed E-state index contributed by atoms with van der Waals surface area (Å²) in [5.41, 5.74) is 8.32. The Labute approximate surface area is 187 Å². The number of aromatic nitrogens is 1. The minimum absolute atomic E-state index is 0.0985. The van der Waals surface area contributed by atoms with Crippen LogP contribution in [0.2, 0.25) is 36.3 Å². The molecule has 0 aromatic carbocycles. The SMILES string of the molecule is C[C@@H]1C[C@@H](c2ccncc2N)C[C@@H](O[Si](C)(C)C(C)(C)C)[C@H]1O[Si](C)(C)C(C)(C)C. The van der Waals surface area contributed by atoms with Gasteiger partial charge in [0.1, 0.15) is 0 Å². The van der Waals surface area contributed by atoms with Crippen molar-refractivity contribution >= 4 is 22.3 Å². The van der Waals surface area contributed by atoms with Crippen LogP contribution in [0.1, 0.15) is 72.8 Å². The van der Waals surface area contributed by atoms with Crippen LogP contribution < -0.4 is 5.73 Å². The minimum Gasteiger partial charge on any atom is -0.411 e. The highest BCUT2D eigenvalue weighted by molar-refractivity contribution is 6.74. The number of hydrogen-bond acceptors (Lipinski definition) is 4. The van der Waals surface area contributed by atoms with E-state index in [9.17, 15) is 0 Å². The number of nitrogens with zero attached hydrogens (tertiary/aromatic N) is 1. The van der Waals surface area contributed by atoms with Crippen molar-refractivity contribution in [2.24, 2.45) is 5.92 Å². The van der Waals surface area contributed by atoms with Crippen molar-refractivity contribution in [3.8, 4) is 0 Å². The van der Waals surface area contributed by atoms with Gasteiger partial charge in [0.15, 0.2) is 16.6 Å². The van der Waals surface area contributed by atoms with Crippen LogP contribution in [0.15, 0.2) is 18.5 Å². The van der Waals surface area contributed by atoms with Gasteiger partial charge in [0, 0.05) is 6.20 Å². The fourth-order valence-corrected chi connectivity index (χ4v) is 6.64. The number of nitrogens with two attached hydrogens (primary N) is 1. The van der Waals surface area contributed by atoms with Crippen LogP contribution in [-0.2, 0) is 8.85 Å². The van der Waals surface area contributed by atoms with Crippen molar-refractivity contribution in [3.05, 3.63) is 24.0 Å². The van der Waals surface area contributed by atoms with Crippen LogP contribution in [0.25, 0.3) is 0 Å². The number of pyridine rings is 1. The van der Waals surface area contributed by atoms with Crippen molar-refractivity contribution in [2.45, 2.75) is 116 Å². The van der Waals surface area contributed by atoms with E-state index in [0.717, 1.165) is 18.5 Å². The average molecular weight is 451 g/mol. The first-order valence-corrected chi connectivity index (χ1v) is 17.3. The molecule has 0 unspecified atom stereocenters. The van der Waals surface area contributed by atoms with Crippen molar-refractivity contribution in [3.63, 3.8) is 0 Å². The maximum atomic E-state index is 7.06. The van der Waals surface area contributed by atoms with Crippen molar-refractivity contribution in [1.82, 2.24) is 4.98 Å². The molecule has 4 nitrogen and oxygen atoms in total. The lowest BCUT2D eigenvalue weighted by atomic mass is 9.75. The highest BCUT2D eigenvalue weighted by Gasteiger charge is 2.48. The number of hydrogen-bond donors (Lipinski definition) is 1. The third kappa shape index (κ3) is 5.56. The number of anilines is 1. The molecule has 6 heteroatoms. The van der Waals surface area contributed by atoms with Crippen LogP contribution in [0.5, 0.6) is 0 Å². The largest absolute Gasteiger partial charge is 0.411 e. The van der Waals surface area contributed by atoms with E-state index in [2.05, 4.69) is 85.7 Å². The molecule has 0 aliphatic heterocycles. The van der Waals surface area contributed by atoms with E-state index in [0.29, 0.717) is 11.8 Å². The first kappa shape index (κ1) is 25.6. The first-order valence-electron chi connectivity index (χ1n) is 11.5. The van der Waals surface area contributed by atoms with E-state index < -0.39 is 16.6 Å². The van der Waals surface area contributed by atoms with Gasteiger partial charge in [-0.15, -0.1) is 0 Å². The maximum Gasteiger partial charge on any atom is 0.192 e. The second kappa shape index (κ2) is 8.68. The third-order valence-corrected chi connectivity index (χ3v) is 16.9. The van der Waals surface area contributed by atoms with Gasteiger partial charge in [0.2, 0.25) is 0 Å². The second-order valence-electron chi connectivity index (χ2n) is 12.4. The summed E-state index contributed by atoms with van der Waals surface area (Å²) in [7, 11) is -3.85. The van der Waals surface area contributed by atoms with Gasteiger partial charge in [-0.05, 0) is 72.6 Å². The molecule has 2 N–H and O–H groups in total. The lowest BCUT2D eigenvalue weighted by molar-refractivity contribution is -0.0304. The molecular formula is C24H46N2O2Si2. The van der Waals surface area contributed by atoms with E-state index in [1.165, 1.54) is 5.56 Å². The van der Waals surface area contributed by atoms with Crippen molar-refractivity contribution in [2.75, 3.05) is 5.73 Å². The molecule has 30 heavy (non-hydrogen) atoms. The summed E-state index contributed by atoms with van der Waals surface area (Å²) in [4.78, 5) is 4.19. The van der Waals surface area contributed by atoms with Gasteiger partial charge in [-0.2, -0.15) is 0 Å². The quantitative estimate of drug-likeness (QED) is 0.493. The summed E-state index contributed by atoms with van der Waals surface area (Å²) in [6.07, 6.45) is 5.91. The zero-order chi connectivity index (χ0) is 23.1. The van der Waals surface area contributed by atoms with E-state index in [1.54, 1.807) is 6.20 Å². The van der Waals surface area contributed by atoms with Gasteiger partial charge in [-0.1, -0.05) is 48.5 Å². The lowest BCUT2D eigenvalue weighted by Crippen LogP contribution is -2.55. The molecule has 1 aromatic rings. The third-order valence-electron chi connectivity index (χ3n) is 7.92. The highest BCUT2D eigenvalue weighted by Crippen LogP contribution is 2.47. The molecule has 0 saturated heterocycles. The molecule has 1 saturated carbocycles. The van der Waals surface area contributed by atoms with E-state index in [-0.39, 0.29) is 22.3 Å². The zero-order valence-corrected chi connectivity index (χ0v) is 23.3. The smallest absolute Gasteiger partial charge is 0.192 e. The predicted octanol–water partition coefficient (Wildman–Crippen LogP) is 6.96. The summed E-state index contributed by atoms with van der Waals surface area (Å²) in [5, 5.41) is 0.348. The summed E-state index contributed by atoms with van der Waals surface area (Å²) in [5.74, 6) is 0.803. The van der Waals surface area contributed by atoms with Gasteiger partial charge >= 0.3 is 0 Å². The molecule has 1 aromatic heterocycles. The lowest BCUT2D eigenvalue weighted by Gasteiger charge is -2.50. The standard InChI is InChI=1S/C24H46N2O2Si2/c1-17-14-18(19-12-13-26-16-20(19)25)15-21(27-29(8,9)23(2,3)4)22(17)28-30(10,11)24(5,6)7/h12-13,16-18,21-22H,14-15,25H2,1-11H3/t17-,18-,21-,22+/m1/s1.